The van der Waals surface area contributed by atoms with Gasteiger partial charge in [0.05, 0.1) is 6.20 Å². The van der Waals surface area contributed by atoms with Gasteiger partial charge in [-0.05, 0) is 32.7 Å². The Hall–Kier alpha value is -2.55. The van der Waals surface area contributed by atoms with Gasteiger partial charge < -0.3 is 30.7 Å². The lowest BCUT2D eigenvalue weighted by Crippen LogP contribution is -2.31. The van der Waals surface area contributed by atoms with Crippen LogP contribution in [0, 0.1) is 17.0 Å². The van der Waals surface area contributed by atoms with Crippen molar-refractivity contribution in [2.75, 3.05) is 35.7 Å². The van der Waals surface area contributed by atoms with E-state index in [2.05, 4.69) is 5.32 Å². The Morgan fingerprint density at radius 2 is 2.11 bits per heavy atom. The zero-order valence-electron chi connectivity index (χ0n) is 15.5. The van der Waals surface area contributed by atoms with Gasteiger partial charge in [0.1, 0.15) is 17.1 Å². The minimum absolute atomic E-state index is 0.0308. The summed E-state index contributed by atoms with van der Waals surface area (Å²) in [7, 11) is 1.90. The molecule has 28 heavy (non-hydrogen) atoms. The van der Waals surface area contributed by atoms with E-state index in [0.717, 1.165) is 25.7 Å². The number of benzene rings is 1. The van der Waals surface area contributed by atoms with Crippen LogP contribution in [0.15, 0.2) is 12.0 Å². The quantitative estimate of drug-likeness (QED) is 0.676. The highest BCUT2D eigenvalue weighted by Gasteiger charge is 2.57. The topological polar surface area (TPSA) is 91.1 Å². The van der Waals surface area contributed by atoms with E-state index in [9.17, 15) is 9.90 Å². The molecule has 4 N–H and O–H groups in total. The van der Waals surface area contributed by atoms with E-state index in [1.807, 2.05) is 7.05 Å². The molecule has 1 aromatic rings. The number of fused-ring (bicyclic) bond motifs is 1. The summed E-state index contributed by atoms with van der Waals surface area (Å²) in [5, 5.41) is 12.5. The van der Waals surface area contributed by atoms with Gasteiger partial charge in [0.15, 0.2) is 17.4 Å². The number of rotatable bonds is 4. The Labute approximate surface area is 160 Å². The molecular weight excluding hydrogens is 370 g/mol. The Morgan fingerprint density at radius 3 is 2.71 bits per heavy atom. The minimum Gasteiger partial charge on any atom is -0.475 e. The fraction of sp³-hybridized carbons (Fsp3) is 0.526. The van der Waals surface area contributed by atoms with Gasteiger partial charge in [-0.1, -0.05) is 0 Å². The zero-order chi connectivity index (χ0) is 19.8. The molecule has 3 fully saturated rings. The number of nitrogens with two attached hydrogens (primary N) is 1. The van der Waals surface area contributed by atoms with E-state index in [1.165, 1.54) is 11.1 Å². The fourth-order valence-corrected chi connectivity index (χ4v) is 4.63. The molecule has 2 heterocycles. The SMILES string of the molecule is CNC1CC12CCN(c1c(F)c(N)c3c(c1F)N(C1CC1)C=C(C(=O)O)O3)C2. The highest BCUT2D eigenvalue weighted by molar-refractivity contribution is 5.90. The first-order valence-corrected chi connectivity index (χ1v) is 9.50. The predicted octanol–water partition coefficient (Wildman–Crippen LogP) is 2.02. The van der Waals surface area contributed by atoms with E-state index in [1.54, 1.807) is 4.90 Å². The van der Waals surface area contributed by atoms with Crippen LogP contribution >= 0.6 is 0 Å². The van der Waals surface area contributed by atoms with Crippen LogP contribution in [-0.4, -0.2) is 43.3 Å². The molecule has 2 aliphatic heterocycles. The van der Waals surface area contributed by atoms with Gasteiger partial charge in [-0.25, -0.2) is 13.6 Å². The average Bonchev–Trinajstić information content (AvgIpc) is 3.57. The van der Waals surface area contributed by atoms with Crippen molar-refractivity contribution in [3.05, 3.63) is 23.6 Å². The lowest BCUT2D eigenvalue weighted by molar-refractivity contribution is -0.135. The molecule has 5 rings (SSSR count). The van der Waals surface area contributed by atoms with E-state index < -0.39 is 23.4 Å². The lowest BCUT2D eigenvalue weighted by Gasteiger charge is -2.32. The first-order valence-electron chi connectivity index (χ1n) is 9.50. The van der Waals surface area contributed by atoms with Crippen LogP contribution < -0.4 is 25.6 Å². The molecule has 0 bridgehead atoms. The van der Waals surface area contributed by atoms with Crippen molar-refractivity contribution in [2.45, 2.75) is 37.8 Å². The molecule has 2 atom stereocenters. The second kappa shape index (κ2) is 5.73. The van der Waals surface area contributed by atoms with Gasteiger partial charge in [0, 0.05) is 30.6 Å². The number of nitrogen functional groups attached to an aromatic ring is 1. The van der Waals surface area contributed by atoms with Crippen molar-refractivity contribution in [2.24, 2.45) is 5.41 Å². The molecular formula is C19H22F2N4O3. The molecule has 0 aromatic heterocycles. The second-order valence-electron chi connectivity index (χ2n) is 8.19. The Morgan fingerprint density at radius 1 is 1.36 bits per heavy atom. The number of nitrogens with one attached hydrogen (secondary N) is 1. The van der Waals surface area contributed by atoms with Crippen LogP contribution in [0.5, 0.6) is 5.75 Å². The van der Waals surface area contributed by atoms with Crippen LogP contribution in [0.3, 0.4) is 0 Å². The summed E-state index contributed by atoms with van der Waals surface area (Å²) in [6, 6.07) is 0.331. The number of hydrogen-bond donors (Lipinski definition) is 3. The maximum Gasteiger partial charge on any atom is 0.373 e. The molecule has 1 spiro atoms. The molecule has 2 aliphatic carbocycles. The lowest BCUT2D eigenvalue weighted by atomic mass is 10.1. The van der Waals surface area contributed by atoms with E-state index in [0.29, 0.717) is 19.1 Å². The minimum atomic E-state index is -1.31. The van der Waals surface area contributed by atoms with Crippen molar-refractivity contribution in [3.63, 3.8) is 0 Å². The third-order valence-corrected chi connectivity index (χ3v) is 6.44. The summed E-state index contributed by atoms with van der Waals surface area (Å²) in [6.45, 7) is 1.11. The van der Waals surface area contributed by atoms with Crippen molar-refractivity contribution in [1.29, 1.82) is 0 Å². The number of carbonyl (C=O) groups is 1. The summed E-state index contributed by atoms with van der Waals surface area (Å²) in [5.74, 6) is -3.59. The van der Waals surface area contributed by atoms with Crippen molar-refractivity contribution >= 4 is 23.0 Å². The first kappa shape index (κ1) is 17.5. The monoisotopic (exact) mass is 392 g/mol. The molecule has 150 valence electrons. The van der Waals surface area contributed by atoms with Crippen LogP contribution in [0.1, 0.15) is 25.7 Å². The smallest absolute Gasteiger partial charge is 0.373 e. The van der Waals surface area contributed by atoms with Crippen LogP contribution in [0.4, 0.5) is 25.8 Å². The maximum absolute atomic E-state index is 15.6. The number of aliphatic carboxylic acids is 1. The van der Waals surface area contributed by atoms with E-state index in [-0.39, 0.29) is 34.3 Å². The van der Waals surface area contributed by atoms with E-state index >= 15 is 8.78 Å². The number of hydrogen-bond acceptors (Lipinski definition) is 6. The fourth-order valence-electron chi connectivity index (χ4n) is 4.63. The van der Waals surface area contributed by atoms with Gasteiger partial charge >= 0.3 is 5.97 Å². The largest absolute Gasteiger partial charge is 0.475 e. The Kier molecular flexibility index (Phi) is 3.59. The predicted molar refractivity (Wildman–Crippen MR) is 99.3 cm³/mol. The summed E-state index contributed by atoms with van der Waals surface area (Å²) < 4.78 is 36.0. The maximum atomic E-state index is 15.6. The van der Waals surface area contributed by atoms with Crippen LogP contribution in [-0.2, 0) is 4.79 Å². The van der Waals surface area contributed by atoms with Gasteiger partial charge in [0.25, 0.3) is 0 Å². The molecule has 0 amide bonds. The standard InChI is InChI=1S/C19H22F2N4O3/c1-23-11-6-19(11)4-5-24(8-19)15-12(20)14(22)17-16(13(15)21)25(9-2-3-9)7-10(28-17)18(26)27/h7,9,11,23H,2-6,8,22H2,1H3,(H,26,27). The van der Waals surface area contributed by atoms with Crippen molar-refractivity contribution in [3.8, 4) is 5.75 Å². The van der Waals surface area contributed by atoms with Gasteiger partial charge in [0.2, 0.25) is 5.76 Å². The normalized spacial score (nSPS) is 28.2. The first-order chi connectivity index (χ1) is 13.4. The number of carboxylic acid groups (broad SMARTS) is 1. The summed E-state index contributed by atoms with van der Waals surface area (Å²) in [4.78, 5) is 14.6. The van der Waals surface area contributed by atoms with Crippen LogP contribution in [0.25, 0.3) is 0 Å². The highest BCUT2D eigenvalue weighted by Crippen LogP contribution is 2.56. The van der Waals surface area contributed by atoms with Gasteiger partial charge in [-0.3, -0.25) is 0 Å². The zero-order valence-corrected chi connectivity index (χ0v) is 15.5. The molecule has 2 unspecified atom stereocenters. The number of halogens is 2. The third-order valence-electron chi connectivity index (χ3n) is 6.44. The van der Waals surface area contributed by atoms with Crippen molar-refractivity contribution < 1.29 is 23.4 Å². The number of carboxylic acids is 1. The molecule has 2 saturated carbocycles. The third kappa shape index (κ3) is 2.38. The molecule has 1 saturated heterocycles. The molecule has 4 aliphatic rings. The Balaban J connectivity index is 1.59. The molecule has 0 radical (unpaired) electrons. The summed E-state index contributed by atoms with van der Waals surface area (Å²) in [5.41, 5.74) is 5.56. The summed E-state index contributed by atoms with van der Waals surface area (Å²) >= 11 is 0. The van der Waals surface area contributed by atoms with Crippen molar-refractivity contribution in [1.82, 2.24) is 5.32 Å². The van der Waals surface area contributed by atoms with Gasteiger partial charge in [-0.15, -0.1) is 0 Å². The van der Waals surface area contributed by atoms with E-state index in [4.69, 9.17) is 10.5 Å². The number of nitrogens with zero attached hydrogens (tertiary/aromatic N) is 2. The number of ether oxygens (including phenoxy) is 1. The second-order valence-corrected chi connectivity index (χ2v) is 8.19. The average molecular weight is 392 g/mol. The number of anilines is 3. The van der Waals surface area contributed by atoms with Gasteiger partial charge in [-0.2, -0.15) is 0 Å². The summed E-state index contributed by atoms with van der Waals surface area (Å²) in [6.07, 6.45) is 4.72. The molecule has 9 heteroatoms. The molecule has 1 aromatic carbocycles. The van der Waals surface area contributed by atoms with Crippen LogP contribution in [0.2, 0.25) is 0 Å². The molecule has 7 nitrogen and oxygen atoms in total. The highest BCUT2D eigenvalue weighted by atomic mass is 19.1. The Bertz CT molecular complexity index is 917.